The van der Waals surface area contributed by atoms with Crippen molar-refractivity contribution in [3.8, 4) is 17.2 Å². The standard InChI is InChI=1S/C24H33N3O4/c1-18(22-15-21(30-3)9-10-23(22)31-4)25-24(28)17-27-13-11-26(12-14-27)16-19-5-7-20(29-2)8-6-19/h5-10,15,18H,11-14,16-17H2,1-4H3,(H,25,28)/t18-/m1/s1. The van der Waals surface area contributed by atoms with Crippen LogP contribution >= 0.6 is 0 Å². The third kappa shape index (κ3) is 6.35. The first-order chi connectivity index (χ1) is 15.0. The SMILES string of the molecule is COc1ccc(CN2CCN(CC(=O)N[C@H](C)c3cc(OC)ccc3OC)CC2)cc1. The minimum absolute atomic E-state index is 0.0148. The summed E-state index contributed by atoms with van der Waals surface area (Å²) in [6.45, 7) is 6.91. The largest absolute Gasteiger partial charge is 0.497 e. The third-order valence-corrected chi connectivity index (χ3v) is 5.68. The molecule has 1 saturated heterocycles. The van der Waals surface area contributed by atoms with E-state index in [4.69, 9.17) is 14.2 Å². The topological polar surface area (TPSA) is 63.3 Å². The van der Waals surface area contributed by atoms with E-state index in [-0.39, 0.29) is 11.9 Å². The molecular weight excluding hydrogens is 394 g/mol. The maximum atomic E-state index is 12.6. The number of rotatable bonds is 9. The van der Waals surface area contributed by atoms with E-state index in [0.29, 0.717) is 6.54 Å². The molecule has 0 aliphatic carbocycles. The quantitative estimate of drug-likeness (QED) is 0.664. The summed E-state index contributed by atoms with van der Waals surface area (Å²) >= 11 is 0. The van der Waals surface area contributed by atoms with Crippen molar-refractivity contribution in [1.82, 2.24) is 15.1 Å². The lowest BCUT2D eigenvalue weighted by Crippen LogP contribution is -2.49. The van der Waals surface area contributed by atoms with Gasteiger partial charge in [0.25, 0.3) is 0 Å². The fraction of sp³-hybridized carbons (Fsp3) is 0.458. The molecule has 3 rings (SSSR count). The van der Waals surface area contributed by atoms with Gasteiger partial charge in [-0.2, -0.15) is 0 Å². The second kappa shape index (κ2) is 11.0. The summed E-state index contributed by atoms with van der Waals surface area (Å²) in [6.07, 6.45) is 0. The highest BCUT2D eigenvalue weighted by atomic mass is 16.5. The molecule has 0 bridgehead atoms. The fourth-order valence-corrected chi connectivity index (χ4v) is 3.84. The first-order valence-electron chi connectivity index (χ1n) is 10.6. The van der Waals surface area contributed by atoms with Crippen molar-refractivity contribution in [3.63, 3.8) is 0 Å². The van der Waals surface area contributed by atoms with E-state index >= 15 is 0 Å². The summed E-state index contributed by atoms with van der Waals surface area (Å²) in [5.41, 5.74) is 2.17. The van der Waals surface area contributed by atoms with Crippen LogP contribution in [0, 0.1) is 0 Å². The molecule has 7 heteroatoms. The molecule has 31 heavy (non-hydrogen) atoms. The Labute approximate surface area is 184 Å². The molecular formula is C24H33N3O4. The van der Waals surface area contributed by atoms with Crippen LogP contribution in [0.5, 0.6) is 17.2 Å². The number of nitrogens with zero attached hydrogens (tertiary/aromatic N) is 2. The second-order valence-electron chi connectivity index (χ2n) is 7.80. The Morgan fingerprint density at radius 2 is 1.52 bits per heavy atom. The summed E-state index contributed by atoms with van der Waals surface area (Å²) in [4.78, 5) is 17.3. The molecule has 7 nitrogen and oxygen atoms in total. The Balaban J connectivity index is 1.46. The first-order valence-corrected chi connectivity index (χ1v) is 10.6. The molecule has 0 radical (unpaired) electrons. The molecule has 1 aliphatic heterocycles. The Bertz CT molecular complexity index is 848. The maximum absolute atomic E-state index is 12.6. The van der Waals surface area contributed by atoms with Gasteiger partial charge in [-0.25, -0.2) is 0 Å². The van der Waals surface area contributed by atoms with Gasteiger partial charge in [0, 0.05) is 38.3 Å². The number of hydrogen-bond donors (Lipinski definition) is 1. The van der Waals surface area contributed by atoms with E-state index in [1.165, 1.54) is 5.56 Å². The van der Waals surface area contributed by atoms with Crippen LogP contribution in [-0.4, -0.2) is 69.8 Å². The van der Waals surface area contributed by atoms with E-state index in [1.54, 1.807) is 21.3 Å². The Kier molecular flexibility index (Phi) is 8.14. The number of hydrogen-bond acceptors (Lipinski definition) is 6. The molecule has 1 heterocycles. The maximum Gasteiger partial charge on any atom is 0.234 e. The number of piperazine rings is 1. The Morgan fingerprint density at radius 3 is 2.13 bits per heavy atom. The number of methoxy groups -OCH3 is 3. The summed E-state index contributed by atoms with van der Waals surface area (Å²) in [5.74, 6) is 2.37. The summed E-state index contributed by atoms with van der Waals surface area (Å²) in [7, 11) is 4.94. The molecule has 1 amide bonds. The summed E-state index contributed by atoms with van der Waals surface area (Å²) in [5, 5.41) is 3.09. The lowest BCUT2D eigenvalue weighted by Gasteiger charge is -2.34. The van der Waals surface area contributed by atoms with Gasteiger partial charge >= 0.3 is 0 Å². The van der Waals surface area contributed by atoms with Gasteiger partial charge in [-0.1, -0.05) is 12.1 Å². The Morgan fingerprint density at radius 1 is 0.903 bits per heavy atom. The minimum Gasteiger partial charge on any atom is -0.497 e. The molecule has 2 aromatic carbocycles. The van der Waals surface area contributed by atoms with E-state index in [2.05, 4.69) is 27.2 Å². The molecule has 168 valence electrons. The highest BCUT2D eigenvalue weighted by Crippen LogP contribution is 2.29. The second-order valence-corrected chi connectivity index (χ2v) is 7.80. The zero-order chi connectivity index (χ0) is 22.2. The summed E-state index contributed by atoms with van der Waals surface area (Å²) in [6, 6.07) is 13.6. The molecule has 0 aromatic heterocycles. The van der Waals surface area contributed by atoms with Crippen LogP contribution in [0.15, 0.2) is 42.5 Å². The number of nitrogens with one attached hydrogen (secondary N) is 1. The molecule has 1 fully saturated rings. The molecule has 1 atom stereocenters. The smallest absolute Gasteiger partial charge is 0.234 e. The van der Waals surface area contributed by atoms with Gasteiger partial charge in [0.2, 0.25) is 5.91 Å². The van der Waals surface area contributed by atoms with Crippen LogP contribution < -0.4 is 19.5 Å². The molecule has 1 aliphatic rings. The van der Waals surface area contributed by atoms with E-state index in [1.807, 2.05) is 37.3 Å². The van der Waals surface area contributed by atoms with Crippen LogP contribution in [-0.2, 0) is 11.3 Å². The number of ether oxygens (including phenoxy) is 3. The van der Waals surface area contributed by atoms with Crippen LogP contribution in [0.3, 0.4) is 0 Å². The van der Waals surface area contributed by atoms with Gasteiger partial charge in [-0.3, -0.25) is 14.6 Å². The lowest BCUT2D eigenvalue weighted by molar-refractivity contribution is -0.123. The highest BCUT2D eigenvalue weighted by Gasteiger charge is 2.21. The van der Waals surface area contributed by atoms with Crippen LogP contribution in [0.1, 0.15) is 24.1 Å². The number of carbonyl (C=O) groups excluding carboxylic acids is 1. The van der Waals surface area contributed by atoms with Gasteiger partial charge in [0.1, 0.15) is 17.2 Å². The van der Waals surface area contributed by atoms with Crippen molar-refractivity contribution in [2.45, 2.75) is 19.5 Å². The van der Waals surface area contributed by atoms with Gasteiger partial charge in [0.15, 0.2) is 0 Å². The van der Waals surface area contributed by atoms with Crippen molar-refractivity contribution in [2.75, 3.05) is 54.1 Å². The molecule has 0 saturated carbocycles. The lowest BCUT2D eigenvalue weighted by atomic mass is 10.1. The molecule has 2 aromatic rings. The predicted octanol–water partition coefficient (Wildman–Crippen LogP) is 2.71. The van der Waals surface area contributed by atoms with Crippen LogP contribution in [0.4, 0.5) is 0 Å². The number of benzene rings is 2. The van der Waals surface area contributed by atoms with Gasteiger partial charge in [0.05, 0.1) is 33.9 Å². The fourth-order valence-electron chi connectivity index (χ4n) is 3.84. The predicted molar refractivity (Wildman–Crippen MR) is 121 cm³/mol. The van der Waals surface area contributed by atoms with Crippen molar-refractivity contribution in [3.05, 3.63) is 53.6 Å². The van der Waals surface area contributed by atoms with Crippen molar-refractivity contribution in [1.29, 1.82) is 0 Å². The zero-order valence-corrected chi connectivity index (χ0v) is 18.9. The minimum atomic E-state index is -0.172. The van der Waals surface area contributed by atoms with Gasteiger partial charge in [-0.05, 0) is 42.8 Å². The van der Waals surface area contributed by atoms with Crippen molar-refractivity contribution < 1.29 is 19.0 Å². The van der Waals surface area contributed by atoms with Crippen molar-refractivity contribution in [2.24, 2.45) is 0 Å². The van der Waals surface area contributed by atoms with Crippen molar-refractivity contribution >= 4 is 5.91 Å². The molecule has 0 unspecified atom stereocenters. The van der Waals surface area contributed by atoms with E-state index in [9.17, 15) is 4.79 Å². The molecule has 1 N–H and O–H groups in total. The third-order valence-electron chi connectivity index (χ3n) is 5.68. The van der Waals surface area contributed by atoms with Gasteiger partial charge in [-0.15, -0.1) is 0 Å². The number of amides is 1. The molecule has 0 spiro atoms. The average Bonchev–Trinajstić information content (AvgIpc) is 2.80. The monoisotopic (exact) mass is 427 g/mol. The number of carbonyl (C=O) groups is 1. The van der Waals surface area contributed by atoms with Gasteiger partial charge < -0.3 is 19.5 Å². The Hall–Kier alpha value is -2.77. The zero-order valence-electron chi connectivity index (χ0n) is 18.9. The van der Waals surface area contributed by atoms with E-state index in [0.717, 1.165) is 55.5 Å². The van der Waals surface area contributed by atoms with Crippen LogP contribution in [0.25, 0.3) is 0 Å². The average molecular weight is 428 g/mol. The summed E-state index contributed by atoms with van der Waals surface area (Å²) < 4.78 is 16.0. The van der Waals surface area contributed by atoms with Crippen LogP contribution in [0.2, 0.25) is 0 Å². The highest BCUT2D eigenvalue weighted by molar-refractivity contribution is 5.78. The first kappa shape index (κ1) is 22.9. The normalized spacial score (nSPS) is 15.9. The van der Waals surface area contributed by atoms with E-state index < -0.39 is 0 Å².